The van der Waals surface area contributed by atoms with Crippen molar-refractivity contribution in [2.75, 3.05) is 12.4 Å². The molecule has 0 saturated carbocycles. The molecular weight excluding hydrogens is 281 g/mol. The molecule has 0 atom stereocenters. The number of nitrogens with zero attached hydrogens (tertiary/aromatic N) is 1. The molecule has 22 heavy (non-hydrogen) atoms. The van der Waals surface area contributed by atoms with Gasteiger partial charge in [0.2, 0.25) is 0 Å². The number of anilines is 1. The lowest BCUT2D eigenvalue weighted by molar-refractivity contribution is -0.0895. The van der Waals surface area contributed by atoms with E-state index in [1.165, 1.54) is 6.21 Å². The van der Waals surface area contributed by atoms with Gasteiger partial charge >= 0.3 is 7.48 Å². The lowest BCUT2D eigenvalue weighted by Gasteiger charge is -2.37. The second kappa shape index (κ2) is 7.42. The zero-order chi connectivity index (χ0) is 16.8. The molecule has 1 aromatic heterocycles. The Morgan fingerprint density at radius 3 is 2.59 bits per heavy atom. The minimum Gasteiger partial charge on any atom is -0.495 e. The number of pyridine rings is 1. The van der Waals surface area contributed by atoms with Crippen LogP contribution < -0.4 is 10.1 Å². The van der Waals surface area contributed by atoms with E-state index in [2.05, 4.69) is 10.3 Å². The minimum absolute atomic E-state index is 0.213. The van der Waals surface area contributed by atoms with Crippen LogP contribution in [0.15, 0.2) is 30.1 Å². The van der Waals surface area contributed by atoms with Crippen LogP contribution in [-0.4, -0.2) is 42.1 Å². The summed E-state index contributed by atoms with van der Waals surface area (Å²) in [4.78, 5) is 4.04. The van der Waals surface area contributed by atoms with Crippen LogP contribution in [0, 0.1) is 5.41 Å². The normalized spacial score (nSPS) is 12.7. The number of hydrogen-bond donors (Lipinski definition) is 3. The average Bonchev–Trinajstić information content (AvgIpc) is 2.46. The highest BCUT2D eigenvalue weighted by atomic mass is 16.5. The van der Waals surface area contributed by atoms with E-state index in [0.29, 0.717) is 11.2 Å². The van der Waals surface area contributed by atoms with Crippen molar-refractivity contribution in [2.24, 2.45) is 0 Å². The molecule has 1 rings (SSSR count). The molecule has 0 radical (unpaired) electrons. The first-order chi connectivity index (χ1) is 10.2. The molecule has 0 aliphatic rings. The maximum atomic E-state index is 10.1. The monoisotopic (exact) mass is 305 g/mol. The Kier molecular flexibility index (Phi) is 6.14. The molecule has 120 valence electrons. The zero-order valence-corrected chi connectivity index (χ0v) is 13.8. The molecule has 0 saturated heterocycles. The topological polar surface area (TPSA) is 87.5 Å². The van der Waals surface area contributed by atoms with Crippen LogP contribution in [0.25, 0.3) is 0 Å². The largest absolute Gasteiger partial charge is 0.495 e. The summed E-state index contributed by atoms with van der Waals surface area (Å²) >= 11 is 0. The minimum atomic E-state index is -0.982. The van der Waals surface area contributed by atoms with Gasteiger partial charge in [0, 0.05) is 12.3 Å². The Labute approximate surface area is 132 Å². The fourth-order valence-electron chi connectivity index (χ4n) is 1.35. The highest BCUT2D eigenvalue weighted by molar-refractivity contribution is 6.45. The molecule has 0 aliphatic heterocycles. The average molecular weight is 305 g/mol. The molecule has 1 aromatic rings. The molecule has 0 aromatic carbocycles. The Morgan fingerprint density at radius 2 is 2.05 bits per heavy atom. The van der Waals surface area contributed by atoms with E-state index in [9.17, 15) is 5.11 Å². The standard InChI is InChI=1S/C15H24BN3O3/c1-14(2,20)15(3,4)22-16-11(7-17)8-19-12-6-13(21-5)10-18-9-12/h6-10,16-17,19-20H,1-5H3/b11-8+,17-7?. The first-order valence-corrected chi connectivity index (χ1v) is 7.01. The summed E-state index contributed by atoms with van der Waals surface area (Å²) in [5.74, 6) is 0.647. The number of aliphatic hydroxyl groups is 1. The SMILES string of the molecule is COc1cncc(N/C=C(/BOC(C)(C)C(C)(C)O)C=N)c1. The van der Waals surface area contributed by atoms with Crippen LogP contribution in [0.5, 0.6) is 5.75 Å². The van der Waals surface area contributed by atoms with Crippen LogP contribution in [-0.2, 0) is 4.65 Å². The van der Waals surface area contributed by atoms with E-state index >= 15 is 0 Å². The molecule has 0 bridgehead atoms. The van der Waals surface area contributed by atoms with E-state index < -0.39 is 11.2 Å². The summed E-state index contributed by atoms with van der Waals surface area (Å²) in [6.45, 7) is 7.02. The number of allylic oxidation sites excluding steroid dienone is 1. The highest BCUT2D eigenvalue weighted by Gasteiger charge is 2.35. The predicted octanol–water partition coefficient (Wildman–Crippen LogP) is 1.91. The van der Waals surface area contributed by atoms with E-state index in [4.69, 9.17) is 14.8 Å². The van der Waals surface area contributed by atoms with Gasteiger partial charge in [0.15, 0.2) is 0 Å². The third-order valence-electron chi connectivity index (χ3n) is 3.63. The Balaban J connectivity index is 2.69. The summed E-state index contributed by atoms with van der Waals surface area (Å²) in [6, 6.07) is 1.80. The van der Waals surface area contributed by atoms with Gasteiger partial charge in [0.1, 0.15) is 5.75 Å². The molecule has 0 unspecified atom stereocenters. The lowest BCUT2D eigenvalue weighted by atomic mass is 9.83. The van der Waals surface area contributed by atoms with Crippen molar-refractivity contribution in [3.63, 3.8) is 0 Å². The van der Waals surface area contributed by atoms with Gasteiger partial charge in [0.25, 0.3) is 0 Å². The quantitative estimate of drug-likeness (QED) is 0.504. The van der Waals surface area contributed by atoms with Crippen LogP contribution in [0.4, 0.5) is 5.69 Å². The van der Waals surface area contributed by atoms with Crippen molar-refractivity contribution >= 4 is 19.4 Å². The van der Waals surface area contributed by atoms with E-state index in [1.54, 1.807) is 45.6 Å². The number of aromatic nitrogens is 1. The molecule has 0 aliphatic carbocycles. The number of rotatable bonds is 8. The second-order valence-corrected chi connectivity index (χ2v) is 5.98. The van der Waals surface area contributed by atoms with Gasteiger partial charge in [-0.05, 0) is 39.4 Å². The summed E-state index contributed by atoms with van der Waals surface area (Å²) in [5, 5.41) is 20.6. The summed E-state index contributed by atoms with van der Waals surface area (Å²) in [6.07, 6.45) is 6.15. The van der Waals surface area contributed by atoms with Gasteiger partial charge in [-0.2, -0.15) is 0 Å². The first-order valence-electron chi connectivity index (χ1n) is 7.01. The Hall–Kier alpha value is -1.86. The zero-order valence-electron chi connectivity index (χ0n) is 13.8. The van der Waals surface area contributed by atoms with E-state index in [-0.39, 0.29) is 7.48 Å². The van der Waals surface area contributed by atoms with Crippen molar-refractivity contribution in [2.45, 2.75) is 38.9 Å². The molecule has 0 fully saturated rings. The van der Waals surface area contributed by atoms with Gasteiger partial charge in [0.05, 0.1) is 36.4 Å². The lowest BCUT2D eigenvalue weighted by Crippen LogP contribution is -2.48. The maximum Gasteiger partial charge on any atom is 0.312 e. The number of ether oxygens (including phenoxy) is 1. The molecule has 1 heterocycles. The van der Waals surface area contributed by atoms with Crippen LogP contribution in [0.2, 0.25) is 0 Å². The summed E-state index contributed by atoms with van der Waals surface area (Å²) in [5.41, 5.74) is -0.322. The summed E-state index contributed by atoms with van der Waals surface area (Å²) < 4.78 is 10.8. The fraction of sp³-hybridized carbons (Fsp3) is 0.467. The van der Waals surface area contributed by atoms with Crippen molar-refractivity contribution in [1.82, 2.24) is 4.98 Å². The molecule has 0 amide bonds. The van der Waals surface area contributed by atoms with Gasteiger partial charge in [-0.1, -0.05) is 0 Å². The summed E-state index contributed by atoms with van der Waals surface area (Å²) in [7, 11) is 1.79. The number of hydrogen-bond acceptors (Lipinski definition) is 6. The maximum absolute atomic E-state index is 10.1. The number of nitrogens with one attached hydrogen (secondary N) is 2. The van der Waals surface area contributed by atoms with Crippen LogP contribution in [0.1, 0.15) is 27.7 Å². The van der Waals surface area contributed by atoms with Gasteiger partial charge in [-0.25, -0.2) is 0 Å². The Morgan fingerprint density at radius 1 is 1.36 bits per heavy atom. The smallest absolute Gasteiger partial charge is 0.312 e. The van der Waals surface area contributed by atoms with Crippen molar-refractivity contribution in [1.29, 1.82) is 5.41 Å². The molecular formula is C15H24BN3O3. The van der Waals surface area contributed by atoms with Crippen molar-refractivity contribution in [3.05, 3.63) is 30.1 Å². The fourth-order valence-corrected chi connectivity index (χ4v) is 1.35. The van der Waals surface area contributed by atoms with E-state index in [0.717, 1.165) is 5.69 Å². The van der Waals surface area contributed by atoms with Crippen LogP contribution in [0.3, 0.4) is 0 Å². The molecule has 0 spiro atoms. The molecule has 3 N–H and O–H groups in total. The highest BCUT2D eigenvalue weighted by Crippen LogP contribution is 2.24. The Bertz CT molecular complexity index is 539. The second-order valence-electron chi connectivity index (χ2n) is 5.98. The van der Waals surface area contributed by atoms with E-state index in [1.807, 2.05) is 13.8 Å². The van der Waals surface area contributed by atoms with Gasteiger partial charge in [-0.3, -0.25) is 4.98 Å². The van der Waals surface area contributed by atoms with Gasteiger partial charge in [-0.15, -0.1) is 0 Å². The number of methoxy groups -OCH3 is 1. The predicted molar refractivity (Wildman–Crippen MR) is 89.9 cm³/mol. The van der Waals surface area contributed by atoms with Crippen molar-refractivity contribution < 1.29 is 14.5 Å². The third kappa shape index (κ3) is 5.16. The van der Waals surface area contributed by atoms with Crippen molar-refractivity contribution in [3.8, 4) is 5.75 Å². The third-order valence-corrected chi connectivity index (χ3v) is 3.63. The van der Waals surface area contributed by atoms with Crippen LogP contribution >= 0.6 is 0 Å². The molecule has 7 heteroatoms. The van der Waals surface area contributed by atoms with Gasteiger partial charge < -0.3 is 25.2 Å². The first kappa shape index (κ1) is 18.2. The molecule has 6 nitrogen and oxygen atoms in total.